The van der Waals surface area contributed by atoms with Gasteiger partial charge in [0.15, 0.2) is 11.8 Å². The molecular weight excluding hydrogens is 378 g/mol. The number of methoxy groups -OCH3 is 1. The average Bonchev–Trinajstić information content (AvgIpc) is 3.18. The highest BCUT2D eigenvalue weighted by atomic mass is 16.5. The summed E-state index contributed by atoms with van der Waals surface area (Å²) in [7, 11) is 3.49. The van der Waals surface area contributed by atoms with Crippen molar-refractivity contribution in [2.75, 3.05) is 33.8 Å². The SMILES string of the molecule is CCN(CC)C(CNC(=NC)NC1CCc2nc(COC)nn2C1)c1ccccc1. The van der Waals surface area contributed by atoms with Crippen LogP contribution in [0.5, 0.6) is 0 Å². The lowest BCUT2D eigenvalue weighted by atomic mass is 10.1. The molecule has 3 rings (SSSR count). The zero-order valence-corrected chi connectivity index (χ0v) is 18.6. The van der Waals surface area contributed by atoms with Crippen molar-refractivity contribution >= 4 is 5.96 Å². The van der Waals surface area contributed by atoms with Gasteiger partial charge >= 0.3 is 0 Å². The molecule has 2 heterocycles. The molecule has 0 fully saturated rings. The number of aliphatic imine (C=N–C) groups is 1. The van der Waals surface area contributed by atoms with E-state index in [0.717, 1.165) is 56.6 Å². The zero-order valence-electron chi connectivity index (χ0n) is 18.6. The number of hydrogen-bond acceptors (Lipinski definition) is 5. The van der Waals surface area contributed by atoms with Gasteiger partial charge in [0.1, 0.15) is 12.4 Å². The second-order valence-electron chi connectivity index (χ2n) is 7.54. The van der Waals surface area contributed by atoms with E-state index >= 15 is 0 Å². The first-order valence-corrected chi connectivity index (χ1v) is 10.9. The number of ether oxygens (including phenoxy) is 1. The second-order valence-corrected chi connectivity index (χ2v) is 7.54. The van der Waals surface area contributed by atoms with Crippen molar-refractivity contribution in [2.24, 2.45) is 4.99 Å². The van der Waals surface area contributed by atoms with Gasteiger partial charge in [0.25, 0.3) is 0 Å². The molecule has 0 aliphatic carbocycles. The lowest BCUT2D eigenvalue weighted by molar-refractivity contribution is 0.177. The zero-order chi connectivity index (χ0) is 21.3. The molecule has 1 aliphatic heterocycles. The summed E-state index contributed by atoms with van der Waals surface area (Å²) in [6, 6.07) is 11.2. The maximum atomic E-state index is 5.16. The third-order valence-corrected chi connectivity index (χ3v) is 5.64. The van der Waals surface area contributed by atoms with Gasteiger partial charge in [-0.25, -0.2) is 9.67 Å². The molecule has 0 spiro atoms. The van der Waals surface area contributed by atoms with Gasteiger partial charge in [-0.05, 0) is 25.1 Å². The van der Waals surface area contributed by atoms with E-state index in [-0.39, 0.29) is 6.04 Å². The fourth-order valence-corrected chi connectivity index (χ4v) is 4.05. The van der Waals surface area contributed by atoms with Crippen LogP contribution in [0.1, 0.15) is 43.5 Å². The third kappa shape index (κ3) is 5.58. The summed E-state index contributed by atoms with van der Waals surface area (Å²) in [5.41, 5.74) is 1.32. The van der Waals surface area contributed by atoms with E-state index < -0.39 is 0 Å². The summed E-state index contributed by atoms with van der Waals surface area (Å²) in [5.74, 6) is 2.61. The number of guanidine groups is 1. The van der Waals surface area contributed by atoms with E-state index in [4.69, 9.17) is 4.74 Å². The summed E-state index contributed by atoms with van der Waals surface area (Å²) in [4.78, 5) is 11.5. The van der Waals surface area contributed by atoms with E-state index in [1.54, 1.807) is 7.11 Å². The van der Waals surface area contributed by atoms with Gasteiger partial charge in [-0.2, -0.15) is 5.10 Å². The van der Waals surface area contributed by atoms with Crippen LogP contribution in [0, 0.1) is 0 Å². The Hall–Kier alpha value is -2.45. The van der Waals surface area contributed by atoms with Gasteiger partial charge in [-0.3, -0.25) is 9.89 Å². The minimum absolute atomic E-state index is 0.268. The lowest BCUT2D eigenvalue weighted by Crippen LogP contribution is -2.49. The van der Waals surface area contributed by atoms with Crippen LogP contribution in [0.15, 0.2) is 35.3 Å². The highest BCUT2D eigenvalue weighted by Gasteiger charge is 2.23. The Morgan fingerprint density at radius 2 is 2.07 bits per heavy atom. The Bertz CT molecular complexity index is 801. The summed E-state index contributed by atoms with van der Waals surface area (Å²) in [6.45, 7) is 8.46. The van der Waals surface area contributed by atoms with Crippen LogP contribution in [0.2, 0.25) is 0 Å². The summed E-state index contributed by atoms with van der Waals surface area (Å²) < 4.78 is 7.15. The Balaban J connectivity index is 1.60. The quantitative estimate of drug-likeness (QED) is 0.483. The van der Waals surface area contributed by atoms with Crippen LogP contribution in [0.4, 0.5) is 0 Å². The van der Waals surface area contributed by atoms with Crippen LogP contribution >= 0.6 is 0 Å². The van der Waals surface area contributed by atoms with E-state index in [1.165, 1.54) is 5.56 Å². The van der Waals surface area contributed by atoms with Crippen LogP contribution in [0.25, 0.3) is 0 Å². The van der Waals surface area contributed by atoms with Gasteiger partial charge in [0.05, 0.1) is 12.6 Å². The average molecular weight is 414 g/mol. The van der Waals surface area contributed by atoms with Crippen LogP contribution < -0.4 is 10.6 Å². The van der Waals surface area contributed by atoms with Gasteiger partial charge in [0, 0.05) is 33.2 Å². The molecule has 0 amide bonds. The van der Waals surface area contributed by atoms with Crippen molar-refractivity contribution in [3.8, 4) is 0 Å². The molecule has 8 nitrogen and oxygen atoms in total. The molecule has 0 radical (unpaired) electrons. The molecule has 1 aromatic carbocycles. The molecule has 0 bridgehead atoms. The van der Waals surface area contributed by atoms with Gasteiger partial charge in [-0.1, -0.05) is 44.2 Å². The largest absolute Gasteiger partial charge is 0.377 e. The Morgan fingerprint density at radius 1 is 1.30 bits per heavy atom. The number of nitrogens with one attached hydrogen (secondary N) is 2. The molecule has 8 heteroatoms. The summed E-state index contributed by atoms with van der Waals surface area (Å²) in [5, 5.41) is 11.7. The van der Waals surface area contributed by atoms with Crippen molar-refractivity contribution in [3.63, 3.8) is 0 Å². The van der Waals surface area contributed by atoms with Crippen molar-refractivity contribution in [3.05, 3.63) is 47.5 Å². The molecule has 1 aliphatic rings. The third-order valence-electron chi connectivity index (χ3n) is 5.64. The van der Waals surface area contributed by atoms with E-state index in [2.05, 4.69) is 74.8 Å². The summed E-state index contributed by atoms with van der Waals surface area (Å²) >= 11 is 0. The molecule has 2 aromatic rings. The standard InChI is InChI=1S/C22H35N7O/c1-5-28(6-2)19(17-10-8-7-9-11-17)14-24-22(23-3)25-18-12-13-21-26-20(16-30-4)27-29(21)15-18/h7-11,18-19H,5-6,12-16H2,1-4H3,(H2,23,24,25). The molecule has 164 valence electrons. The van der Waals surface area contributed by atoms with Gasteiger partial charge in [-0.15, -0.1) is 0 Å². The molecule has 0 saturated carbocycles. The van der Waals surface area contributed by atoms with E-state index in [1.807, 2.05) is 11.7 Å². The minimum Gasteiger partial charge on any atom is -0.377 e. The van der Waals surface area contributed by atoms with Crippen LogP contribution in [-0.4, -0.2) is 65.5 Å². The first-order valence-electron chi connectivity index (χ1n) is 10.9. The van der Waals surface area contributed by atoms with Crippen molar-refractivity contribution in [1.82, 2.24) is 30.3 Å². The highest BCUT2D eigenvalue weighted by molar-refractivity contribution is 5.80. The Labute approximate surface area is 179 Å². The van der Waals surface area contributed by atoms with E-state index in [0.29, 0.717) is 12.6 Å². The van der Waals surface area contributed by atoms with Crippen molar-refractivity contribution in [1.29, 1.82) is 0 Å². The number of aromatic nitrogens is 3. The first kappa shape index (κ1) is 22.2. The topological polar surface area (TPSA) is 79.6 Å². The molecule has 2 unspecified atom stereocenters. The Kier molecular flexibility index (Phi) is 8.21. The number of hydrogen-bond donors (Lipinski definition) is 2. The number of fused-ring (bicyclic) bond motifs is 1. The van der Waals surface area contributed by atoms with Gasteiger partial charge in [0.2, 0.25) is 0 Å². The molecule has 30 heavy (non-hydrogen) atoms. The number of nitrogens with zero attached hydrogens (tertiary/aromatic N) is 5. The number of rotatable bonds is 9. The highest BCUT2D eigenvalue weighted by Crippen LogP contribution is 2.19. The van der Waals surface area contributed by atoms with Crippen molar-refractivity contribution in [2.45, 2.75) is 51.9 Å². The number of benzene rings is 1. The predicted octanol–water partition coefficient (Wildman–Crippen LogP) is 1.99. The summed E-state index contributed by atoms with van der Waals surface area (Å²) in [6.07, 6.45) is 1.90. The molecule has 0 saturated heterocycles. The molecule has 1 aromatic heterocycles. The minimum atomic E-state index is 0.268. The first-order chi connectivity index (χ1) is 14.7. The van der Waals surface area contributed by atoms with Crippen molar-refractivity contribution < 1.29 is 4.74 Å². The van der Waals surface area contributed by atoms with E-state index in [9.17, 15) is 0 Å². The second kappa shape index (κ2) is 11.1. The van der Waals surface area contributed by atoms with Gasteiger partial charge < -0.3 is 15.4 Å². The fourth-order valence-electron chi connectivity index (χ4n) is 4.05. The number of likely N-dealkylation sites (N-methyl/N-ethyl adjacent to an activating group) is 1. The maximum Gasteiger partial charge on any atom is 0.191 e. The van der Waals surface area contributed by atoms with Crippen LogP contribution in [0.3, 0.4) is 0 Å². The fraction of sp³-hybridized carbons (Fsp3) is 0.591. The molecule has 2 atom stereocenters. The maximum absolute atomic E-state index is 5.16. The number of aryl methyl sites for hydroxylation is 1. The lowest BCUT2D eigenvalue weighted by Gasteiger charge is -2.31. The molecule has 2 N–H and O–H groups in total. The normalized spacial score (nSPS) is 17.6. The monoisotopic (exact) mass is 413 g/mol. The predicted molar refractivity (Wildman–Crippen MR) is 119 cm³/mol. The molecular formula is C22H35N7O. The van der Waals surface area contributed by atoms with Crippen LogP contribution in [-0.2, 0) is 24.3 Å². The Morgan fingerprint density at radius 3 is 2.73 bits per heavy atom. The smallest absolute Gasteiger partial charge is 0.191 e.